The lowest BCUT2D eigenvalue weighted by atomic mass is 10.1. The molecule has 0 aliphatic carbocycles. The minimum absolute atomic E-state index is 0.00326. The summed E-state index contributed by atoms with van der Waals surface area (Å²) in [4.78, 5) is 18.0. The molecule has 36 heavy (non-hydrogen) atoms. The third-order valence-corrected chi connectivity index (χ3v) is 6.63. The van der Waals surface area contributed by atoms with Crippen molar-refractivity contribution in [2.24, 2.45) is 0 Å². The van der Waals surface area contributed by atoms with Crippen LogP contribution in [0.2, 0.25) is 0 Å². The average Bonchev–Trinajstić information content (AvgIpc) is 3.51. The molecule has 0 radical (unpaired) electrons. The second-order valence-corrected chi connectivity index (χ2v) is 9.43. The Morgan fingerprint density at radius 1 is 0.944 bits per heavy atom. The van der Waals surface area contributed by atoms with Crippen LogP contribution in [0.5, 0.6) is 0 Å². The fourth-order valence-corrected chi connectivity index (χ4v) is 4.65. The van der Waals surface area contributed by atoms with Crippen molar-refractivity contribution < 1.29 is 9.21 Å². The van der Waals surface area contributed by atoms with Gasteiger partial charge < -0.3 is 9.32 Å². The molecule has 3 heterocycles. The Hall–Kier alpha value is -3.90. The lowest BCUT2D eigenvalue weighted by molar-refractivity contribution is 0.0641. The van der Waals surface area contributed by atoms with E-state index in [2.05, 4.69) is 55.2 Å². The smallest absolute Gasteiger partial charge is 0.272 e. The van der Waals surface area contributed by atoms with Crippen LogP contribution in [-0.4, -0.2) is 58.2 Å². The van der Waals surface area contributed by atoms with Crippen LogP contribution in [0, 0.1) is 20.8 Å². The lowest BCUT2D eigenvalue weighted by Crippen LogP contribution is -2.49. The van der Waals surface area contributed by atoms with Gasteiger partial charge in [0.1, 0.15) is 17.1 Å². The van der Waals surface area contributed by atoms with E-state index in [1.54, 1.807) is 4.68 Å². The summed E-state index contributed by atoms with van der Waals surface area (Å²) in [7, 11) is 0. The predicted molar refractivity (Wildman–Crippen MR) is 143 cm³/mol. The number of amides is 1. The number of aromatic nitrogens is 2. The van der Waals surface area contributed by atoms with Crippen molar-refractivity contribution in [1.29, 1.82) is 0 Å². The number of carbonyl (C=O) groups is 1. The molecule has 4 aromatic rings. The molecule has 0 bridgehead atoms. The maximum absolute atomic E-state index is 13.7. The predicted octanol–water partition coefficient (Wildman–Crippen LogP) is 5.53. The van der Waals surface area contributed by atoms with Gasteiger partial charge in [0.05, 0.1) is 5.69 Å². The Morgan fingerprint density at radius 2 is 1.72 bits per heavy atom. The van der Waals surface area contributed by atoms with Crippen molar-refractivity contribution in [3.63, 3.8) is 0 Å². The number of furan rings is 1. The zero-order chi connectivity index (χ0) is 25.1. The Kier molecular flexibility index (Phi) is 6.87. The fourth-order valence-electron chi connectivity index (χ4n) is 4.65. The molecule has 2 aromatic carbocycles. The van der Waals surface area contributed by atoms with Crippen molar-refractivity contribution >= 4 is 12.0 Å². The maximum Gasteiger partial charge on any atom is 0.272 e. The van der Waals surface area contributed by atoms with Gasteiger partial charge in [0.25, 0.3) is 5.91 Å². The number of carbonyl (C=O) groups excluding carboxylic acids is 1. The monoisotopic (exact) mass is 480 g/mol. The second-order valence-electron chi connectivity index (χ2n) is 9.43. The summed E-state index contributed by atoms with van der Waals surface area (Å²) >= 11 is 0. The van der Waals surface area contributed by atoms with E-state index in [0.29, 0.717) is 30.2 Å². The summed E-state index contributed by atoms with van der Waals surface area (Å²) < 4.78 is 7.60. The minimum atomic E-state index is -0.00326. The van der Waals surface area contributed by atoms with Gasteiger partial charge in [0.15, 0.2) is 5.76 Å². The number of rotatable bonds is 6. The van der Waals surface area contributed by atoms with Crippen molar-refractivity contribution in [1.82, 2.24) is 19.6 Å². The molecule has 6 nitrogen and oxygen atoms in total. The molecular formula is C30H32N4O2. The Labute approximate surface area is 212 Å². The number of hydrogen-bond donors (Lipinski definition) is 0. The Balaban J connectivity index is 1.34. The molecule has 5 rings (SSSR count). The summed E-state index contributed by atoms with van der Waals surface area (Å²) in [5.74, 6) is 1.48. The lowest BCUT2D eigenvalue weighted by Gasteiger charge is -2.34. The molecule has 2 aromatic heterocycles. The number of benzene rings is 2. The van der Waals surface area contributed by atoms with E-state index in [1.807, 2.05) is 54.3 Å². The van der Waals surface area contributed by atoms with E-state index in [0.717, 1.165) is 36.6 Å². The summed E-state index contributed by atoms with van der Waals surface area (Å²) in [5, 5.41) is 4.81. The van der Waals surface area contributed by atoms with Crippen molar-refractivity contribution in [2.45, 2.75) is 20.8 Å². The van der Waals surface area contributed by atoms with Crippen LogP contribution in [0.1, 0.15) is 32.9 Å². The van der Waals surface area contributed by atoms with Gasteiger partial charge >= 0.3 is 0 Å². The first-order valence-electron chi connectivity index (χ1n) is 12.5. The average molecular weight is 481 g/mol. The highest BCUT2D eigenvalue weighted by molar-refractivity contribution is 5.94. The third-order valence-electron chi connectivity index (χ3n) is 6.63. The minimum Gasteiger partial charge on any atom is -0.460 e. The molecular weight excluding hydrogens is 448 g/mol. The van der Waals surface area contributed by atoms with E-state index in [-0.39, 0.29) is 5.91 Å². The second kappa shape index (κ2) is 10.4. The molecule has 0 atom stereocenters. The molecule has 184 valence electrons. The number of piperazine rings is 1. The molecule has 0 unspecified atom stereocenters. The highest BCUT2D eigenvalue weighted by Crippen LogP contribution is 2.26. The van der Waals surface area contributed by atoms with Gasteiger partial charge in [-0.15, -0.1) is 0 Å². The summed E-state index contributed by atoms with van der Waals surface area (Å²) in [6.45, 7) is 9.95. The van der Waals surface area contributed by atoms with E-state index >= 15 is 0 Å². The Morgan fingerprint density at radius 3 is 2.42 bits per heavy atom. The van der Waals surface area contributed by atoms with Crippen LogP contribution in [0.15, 0.2) is 77.2 Å². The van der Waals surface area contributed by atoms with Crippen molar-refractivity contribution in [3.8, 4) is 17.1 Å². The SMILES string of the molecule is Cc1ccc(-n2nc(-c3ccc(C)o3)cc2C(=O)N2CCN(CC=Cc3ccccc3)CC2)c(C)c1. The summed E-state index contributed by atoms with van der Waals surface area (Å²) in [6, 6.07) is 22.2. The van der Waals surface area contributed by atoms with Crippen LogP contribution >= 0.6 is 0 Å². The van der Waals surface area contributed by atoms with Crippen molar-refractivity contribution in [3.05, 3.63) is 101 Å². The third kappa shape index (κ3) is 5.19. The zero-order valence-electron chi connectivity index (χ0n) is 21.1. The van der Waals surface area contributed by atoms with Gasteiger partial charge in [-0.3, -0.25) is 9.69 Å². The van der Waals surface area contributed by atoms with Crippen LogP contribution in [0.25, 0.3) is 23.2 Å². The molecule has 1 fully saturated rings. The van der Waals surface area contributed by atoms with E-state index in [9.17, 15) is 4.79 Å². The van der Waals surface area contributed by atoms with Gasteiger partial charge in [-0.2, -0.15) is 5.10 Å². The highest BCUT2D eigenvalue weighted by Gasteiger charge is 2.27. The van der Waals surface area contributed by atoms with Gasteiger partial charge in [-0.05, 0) is 50.1 Å². The van der Waals surface area contributed by atoms with Gasteiger partial charge in [-0.25, -0.2) is 4.68 Å². The highest BCUT2D eigenvalue weighted by atomic mass is 16.3. The molecule has 1 aliphatic rings. The van der Waals surface area contributed by atoms with Gasteiger partial charge in [0, 0.05) is 38.8 Å². The maximum atomic E-state index is 13.7. The molecule has 0 spiro atoms. The molecule has 1 amide bonds. The number of nitrogens with zero attached hydrogens (tertiary/aromatic N) is 4. The van der Waals surface area contributed by atoms with Gasteiger partial charge in [0.2, 0.25) is 0 Å². The van der Waals surface area contributed by atoms with Crippen LogP contribution < -0.4 is 0 Å². The molecule has 1 aliphatic heterocycles. The normalized spacial score (nSPS) is 14.6. The zero-order valence-corrected chi connectivity index (χ0v) is 21.1. The quantitative estimate of drug-likeness (QED) is 0.364. The first-order chi connectivity index (χ1) is 17.5. The fraction of sp³-hybridized carbons (Fsp3) is 0.267. The largest absolute Gasteiger partial charge is 0.460 e. The summed E-state index contributed by atoms with van der Waals surface area (Å²) in [5.41, 5.74) is 5.58. The topological polar surface area (TPSA) is 54.5 Å². The summed E-state index contributed by atoms with van der Waals surface area (Å²) in [6.07, 6.45) is 4.34. The number of aryl methyl sites for hydroxylation is 3. The van der Waals surface area contributed by atoms with Crippen LogP contribution in [-0.2, 0) is 0 Å². The van der Waals surface area contributed by atoms with E-state index < -0.39 is 0 Å². The first kappa shape index (κ1) is 23.8. The van der Waals surface area contributed by atoms with Crippen molar-refractivity contribution in [2.75, 3.05) is 32.7 Å². The Bertz CT molecular complexity index is 1380. The molecule has 0 N–H and O–H groups in total. The first-order valence-corrected chi connectivity index (χ1v) is 12.5. The molecule has 1 saturated heterocycles. The standard InChI is InChI=1S/C30H32N4O2/c1-22-11-13-27(23(2)20-22)34-28(21-26(31-34)29-14-12-24(3)36-29)30(35)33-18-16-32(17-19-33)15-7-10-25-8-5-4-6-9-25/h4-14,20-21H,15-19H2,1-3H3. The molecule has 0 saturated carbocycles. The van der Waals surface area contributed by atoms with E-state index in [1.165, 1.54) is 11.1 Å². The number of hydrogen-bond acceptors (Lipinski definition) is 4. The molecule has 6 heteroatoms. The van der Waals surface area contributed by atoms with Crippen LogP contribution in [0.4, 0.5) is 0 Å². The van der Waals surface area contributed by atoms with Gasteiger partial charge in [-0.1, -0.05) is 60.2 Å². The van der Waals surface area contributed by atoms with E-state index in [4.69, 9.17) is 9.52 Å². The van der Waals surface area contributed by atoms with Crippen LogP contribution in [0.3, 0.4) is 0 Å².